The summed E-state index contributed by atoms with van der Waals surface area (Å²) in [6.45, 7) is 2.47. The van der Waals surface area contributed by atoms with Gasteiger partial charge in [-0.1, -0.05) is 146 Å². The molecule has 10 aromatic rings. The molecule has 0 aliphatic heterocycles. The van der Waals surface area contributed by atoms with Gasteiger partial charge in [-0.3, -0.25) is 0 Å². The van der Waals surface area contributed by atoms with E-state index in [9.17, 15) is 0 Å². The number of para-hydroxylation sites is 4. The summed E-state index contributed by atoms with van der Waals surface area (Å²) in [5, 5.41) is 7.21. The van der Waals surface area contributed by atoms with Gasteiger partial charge >= 0.3 is 0 Å². The van der Waals surface area contributed by atoms with E-state index in [-0.39, 0.29) is 5.41 Å². The Hall–Kier alpha value is -6.58. The Morgan fingerprint density at radius 2 is 1.23 bits per heavy atom. The summed E-state index contributed by atoms with van der Waals surface area (Å²) in [5.74, 6) is 0.632. The van der Waals surface area contributed by atoms with Crippen molar-refractivity contribution in [3.63, 3.8) is 0 Å². The van der Waals surface area contributed by atoms with Crippen molar-refractivity contribution in [2.24, 2.45) is 7.05 Å². The highest BCUT2D eigenvalue weighted by Gasteiger charge is 2.43. The monoisotopic (exact) mass is 734 g/mol. The van der Waals surface area contributed by atoms with E-state index >= 15 is 0 Å². The van der Waals surface area contributed by atoms with E-state index in [0.29, 0.717) is 5.92 Å². The molecule has 2 heterocycles. The van der Waals surface area contributed by atoms with Crippen molar-refractivity contribution < 1.29 is 4.42 Å². The van der Waals surface area contributed by atoms with Crippen molar-refractivity contribution in [1.82, 2.24) is 4.57 Å². The van der Waals surface area contributed by atoms with Crippen molar-refractivity contribution >= 4 is 71.6 Å². The summed E-state index contributed by atoms with van der Waals surface area (Å²) in [6.07, 6.45) is 5.21. The lowest BCUT2D eigenvalue weighted by molar-refractivity contribution is 0.669. The quantitative estimate of drug-likeness (QED) is 0.176. The SMILES string of the molecule is Cn1c2ccccc2c2cccc(N(c3cc4c(c5ccccc35)-c3ccc(C5CCCC5)cc3C4(C)c3ccccc3)c3cccc4c3oc3ccccc34)c21. The zero-order chi connectivity index (χ0) is 37.8. The minimum Gasteiger partial charge on any atom is -0.454 e. The molecule has 0 radical (unpaired) electrons. The molecular formula is C54H42N2O. The molecule has 0 spiro atoms. The second kappa shape index (κ2) is 12.2. The van der Waals surface area contributed by atoms with Crippen LogP contribution in [0.1, 0.15) is 60.8 Å². The normalized spacial score (nSPS) is 16.7. The van der Waals surface area contributed by atoms with Crippen LogP contribution >= 0.6 is 0 Å². The zero-order valence-electron chi connectivity index (χ0n) is 32.3. The number of furan rings is 1. The number of nitrogens with zero attached hydrogens (tertiary/aromatic N) is 2. The zero-order valence-corrected chi connectivity index (χ0v) is 32.3. The Labute approximate surface area is 332 Å². The van der Waals surface area contributed by atoms with Crippen LogP contribution in [0.5, 0.6) is 0 Å². The van der Waals surface area contributed by atoms with Gasteiger partial charge in [-0.2, -0.15) is 0 Å². The molecule has 1 unspecified atom stereocenters. The molecule has 3 nitrogen and oxygen atoms in total. The Balaban J connectivity index is 1.22. The molecule has 274 valence electrons. The van der Waals surface area contributed by atoms with Gasteiger partial charge in [0.05, 0.1) is 22.6 Å². The Morgan fingerprint density at radius 1 is 0.561 bits per heavy atom. The maximum absolute atomic E-state index is 6.89. The first-order chi connectivity index (χ1) is 28.1. The van der Waals surface area contributed by atoms with Gasteiger partial charge < -0.3 is 13.9 Å². The lowest BCUT2D eigenvalue weighted by Gasteiger charge is -2.32. The summed E-state index contributed by atoms with van der Waals surface area (Å²) >= 11 is 0. The molecule has 2 aliphatic carbocycles. The van der Waals surface area contributed by atoms with Crippen LogP contribution in [-0.4, -0.2) is 4.57 Å². The molecule has 3 heteroatoms. The summed E-state index contributed by atoms with van der Waals surface area (Å²) in [6, 6.07) is 60.9. The van der Waals surface area contributed by atoms with Crippen LogP contribution < -0.4 is 4.90 Å². The summed E-state index contributed by atoms with van der Waals surface area (Å²) in [4.78, 5) is 2.51. The minimum atomic E-state index is -0.373. The van der Waals surface area contributed by atoms with Gasteiger partial charge in [0.2, 0.25) is 0 Å². The Kier molecular flexibility index (Phi) is 6.99. The number of aromatic nitrogens is 1. The van der Waals surface area contributed by atoms with Gasteiger partial charge in [0.15, 0.2) is 5.58 Å². The number of fused-ring (bicyclic) bond motifs is 11. The average molecular weight is 735 g/mol. The molecule has 1 saturated carbocycles. The van der Waals surface area contributed by atoms with Crippen molar-refractivity contribution in [2.45, 2.75) is 43.9 Å². The Bertz CT molecular complexity index is 3230. The molecule has 0 bridgehead atoms. The fourth-order valence-corrected chi connectivity index (χ4v) is 10.9. The third-order valence-electron chi connectivity index (χ3n) is 13.6. The highest BCUT2D eigenvalue weighted by atomic mass is 16.3. The second-order valence-electron chi connectivity index (χ2n) is 16.5. The minimum absolute atomic E-state index is 0.373. The molecule has 1 fully saturated rings. The van der Waals surface area contributed by atoms with Crippen LogP contribution in [0, 0.1) is 0 Å². The maximum atomic E-state index is 6.89. The molecule has 0 N–H and O–H groups in total. The largest absolute Gasteiger partial charge is 0.454 e. The summed E-state index contributed by atoms with van der Waals surface area (Å²) in [5.41, 5.74) is 15.3. The average Bonchev–Trinajstić information content (AvgIpc) is 4.06. The Morgan fingerprint density at radius 3 is 2.05 bits per heavy atom. The van der Waals surface area contributed by atoms with Gasteiger partial charge in [-0.25, -0.2) is 0 Å². The molecule has 12 rings (SSSR count). The first kappa shape index (κ1) is 32.6. The van der Waals surface area contributed by atoms with E-state index in [1.54, 1.807) is 0 Å². The van der Waals surface area contributed by atoms with Gasteiger partial charge in [0.25, 0.3) is 0 Å². The van der Waals surface area contributed by atoms with E-state index in [1.807, 2.05) is 0 Å². The topological polar surface area (TPSA) is 21.3 Å². The van der Waals surface area contributed by atoms with Gasteiger partial charge in [0.1, 0.15) is 5.58 Å². The van der Waals surface area contributed by atoms with E-state index < -0.39 is 0 Å². The first-order valence-electron chi connectivity index (χ1n) is 20.5. The molecule has 2 aromatic heterocycles. The van der Waals surface area contributed by atoms with Crippen LogP contribution in [-0.2, 0) is 12.5 Å². The molecule has 1 atom stereocenters. The van der Waals surface area contributed by atoms with Crippen LogP contribution in [0.2, 0.25) is 0 Å². The third-order valence-corrected chi connectivity index (χ3v) is 13.6. The first-order valence-corrected chi connectivity index (χ1v) is 20.5. The maximum Gasteiger partial charge on any atom is 0.159 e. The van der Waals surface area contributed by atoms with Crippen molar-refractivity contribution in [1.29, 1.82) is 0 Å². The molecule has 8 aromatic carbocycles. The molecule has 57 heavy (non-hydrogen) atoms. The predicted molar refractivity (Wildman–Crippen MR) is 239 cm³/mol. The fourth-order valence-electron chi connectivity index (χ4n) is 10.9. The highest BCUT2D eigenvalue weighted by molar-refractivity contribution is 6.18. The summed E-state index contributed by atoms with van der Waals surface area (Å²) in [7, 11) is 2.21. The highest BCUT2D eigenvalue weighted by Crippen LogP contribution is 2.58. The van der Waals surface area contributed by atoms with Crippen molar-refractivity contribution in [3.05, 3.63) is 186 Å². The van der Waals surface area contributed by atoms with E-state index in [2.05, 4.69) is 187 Å². The molecule has 2 aliphatic rings. The summed E-state index contributed by atoms with van der Waals surface area (Å²) < 4.78 is 9.26. The number of hydrogen-bond acceptors (Lipinski definition) is 2. The fraction of sp³-hybridized carbons (Fsp3) is 0.148. The number of benzene rings is 8. The number of aryl methyl sites for hydroxylation is 1. The van der Waals surface area contributed by atoms with Crippen molar-refractivity contribution in [2.75, 3.05) is 4.90 Å². The number of anilines is 3. The van der Waals surface area contributed by atoms with E-state index in [1.165, 1.54) is 91.6 Å². The molecule has 0 saturated heterocycles. The number of hydrogen-bond donors (Lipinski definition) is 0. The molecule has 0 amide bonds. The van der Waals surface area contributed by atoms with Crippen LogP contribution in [0.15, 0.2) is 168 Å². The lowest BCUT2D eigenvalue weighted by Crippen LogP contribution is -2.23. The number of rotatable bonds is 5. The lowest BCUT2D eigenvalue weighted by atomic mass is 9.73. The van der Waals surface area contributed by atoms with Gasteiger partial charge in [-0.05, 0) is 94.8 Å². The van der Waals surface area contributed by atoms with Gasteiger partial charge in [0, 0.05) is 44.9 Å². The smallest absolute Gasteiger partial charge is 0.159 e. The molecular weight excluding hydrogens is 693 g/mol. The third kappa shape index (κ3) is 4.54. The second-order valence-corrected chi connectivity index (χ2v) is 16.5. The van der Waals surface area contributed by atoms with Crippen LogP contribution in [0.4, 0.5) is 17.1 Å². The van der Waals surface area contributed by atoms with E-state index in [0.717, 1.165) is 39.0 Å². The van der Waals surface area contributed by atoms with E-state index in [4.69, 9.17) is 4.42 Å². The standard InChI is InChI=1S/C54H42N2O/c1-54(36-18-4-3-5-19-36)44-32-35(34-16-6-7-17-34)30-31-43(44)51-40-23-9-8-20-37(40)49(33-45(51)54)56(48-28-15-25-42-39-22-11-13-29-50(39)57-53(42)48)47-27-14-24-41-38-21-10-12-26-46(38)55(2)52(41)47/h3-5,8-15,18-34H,6-7,16-17H2,1-2H3. The predicted octanol–water partition coefficient (Wildman–Crippen LogP) is 14.8. The van der Waals surface area contributed by atoms with Crippen LogP contribution in [0.3, 0.4) is 0 Å². The van der Waals surface area contributed by atoms with Gasteiger partial charge in [-0.15, -0.1) is 0 Å². The van der Waals surface area contributed by atoms with Crippen molar-refractivity contribution in [3.8, 4) is 11.1 Å². The van der Waals surface area contributed by atoms with Crippen LogP contribution in [0.25, 0.3) is 65.6 Å².